The predicted octanol–water partition coefficient (Wildman–Crippen LogP) is 6.39. The Labute approximate surface area is 110 Å². The molecule has 0 aromatic carbocycles. The molecule has 1 fully saturated rings. The molecule has 17 heavy (non-hydrogen) atoms. The molecule has 0 heterocycles. The lowest BCUT2D eigenvalue weighted by Crippen LogP contribution is -2.10. The van der Waals surface area contributed by atoms with Crippen LogP contribution in [0.2, 0.25) is 0 Å². The summed E-state index contributed by atoms with van der Waals surface area (Å²) >= 11 is 0. The minimum Gasteiger partial charge on any atom is -0.0995 e. The summed E-state index contributed by atoms with van der Waals surface area (Å²) in [5, 5.41) is 0. The van der Waals surface area contributed by atoms with E-state index in [4.69, 9.17) is 0 Å². The average Bonchev–Trinajstić information content (AvgIpc) is 2.43. The maximum atomic E-state index is 4.14. The van der Waals surface area contributed by atoms with Crippen molar-refractivity contribution in [3.05, 3.63) is 24.3 Å². The Kier molecular flexibility index (Phi) is 13.2. The van der Waals surface area contributed by atoms with Crippen molar-refractivity contribution in [3.8, 4) is 0 Å². The van der Waals surface area contributed by atoms with E-state index in [0.29, 0.717) is 5.92 Å². The molecule has 0 aromatic heterocycles. The second-order valence-electron chi connectivity index (χ2n) is 4.79. The molecule has 0 unspecified atom stereocenters. The summed E-state index contributed by atoms with van der Waals surface area (Å²) in [6, 6.07) is 0. The van der Waals surface area contributed by atoms with Crippen molar-refractivity contribution in [2.24, 2.45) is 11.8 Å². The van der Waals surface area contributed by atoms with Gasteiger partial charge in [-0.2, -0.15) is 0 Å². The molecule has 0 bridgehead atoms. The van der Waals surface area contributed by atoms with Crippen LogP contribution in [-0.2, 0) is 0 Å². The highest BCUT2D eigenvalue weighted by molar-refractivity contribution is 5.15. The SMILES string of the molecule is C=C1CC[C@@H](CC)[C@H](C)C(=C)C1.CC.CCC. The first-order chi connectivity index (χ1) is 8.06. The van der Waals surface area contributed by atoms with Crippen molar-refractivity contribution in [3.63, 3.8) is 0 Å². The van der Waals surface area contributed by atoms with Crippen molar-refractivity contribution >= 4 is 0 Å². The van der Waals surface area contributed by atoms with Crippen molar-refractivity contribution in [2.45, 2.75) is 73.6 Å². The van der Waals surface area contributed by atoms with Gasteiger partial charge in [0.2, 0.25) is 0 Å². The first kappa shape index (κ1) is 18.8. The van der Waals surface area contributed by atoms with Crippen LogP contribution >= 0.6 is 0 Å². The van der Waals surface area contributed by atoms with Crippen molar-refractivity contribution in [1.29, 1.82) is 0 Å². The van der Waals surface area contributed by atoms with E-state index in [1.807, 2.05) is 13.8 Å². The summed E-state index contributed by atoms with van der Waals surface area (Å²) in [6.45, 7) is 21.1. The largest absolute Gasteiger partial charge is 0.0995 e. The van der Waals surface area contributed by atoms with E-state index in [0.717, 1.165) is 12.3 Å². The zero-order chi connectivity index (χ0) is 13.8. The van der Waals surface area contributed by atoms with Crippen LogP contribution in [0.15, 0.2) is 24.3 Å². The first-order valence-corrected chi connectivity index (χ1v) is 7.40. The Hall–Kier alpha value is -0.520. The zero-order valence-electron chi connectivity index (χ0n) is 13.1. The molecule has 1 aliphatic carbocycles. The number of rotatable bonds is 1. The molecule has 0 radical (unpaired) electrons. The molecular weight excluding hydrogens is 204 g/mol. The molecule has 0 aliphatic heterocycles. The second-order valence-corrected chi connectivity index (χ2v) is 4.79. The van der Waals surface area contributed by atoms with E-state index < -0.39 is 0 Å². The van der Waals surface area contributed by atoms with Crippen LogP contribution in [-0.4, -0.2) is 0 Å². The van der Waals surface area contributed by atoms with E-state index >= 15 is 0 Å². The van der Waals surface area contributed by atoms with Crippen LogP contribution < -0.4 is 0 Å². The lowest BCUT2D eigenvalue weighted by atomic mass is 9.85. The van der Waals surface area contributed by atoms with E-state index in [2.05, 4.69) is 40.9 Å². The molecule has 1 rings (SSSR count). The van der Waals surface area contributed by atoms with Gasteiger partial charge in [0.1, 0.15) is 0 Å². The van der Waals surface area contributed by atoms with Crippen LogP contribution in [0.5, 0.6) is 0 Å². The van der Waals surface area contributed by atoms with Crippen LogP contribution in [0.3, 0.4) is 0 Å². The van der Waals surface area contributed by atoms with Crippen LogP contribution in [0.25, 0.3) is 0 Å². The fourth-order valence-electron chi connectivity index (χ4n) is 2.10. The number of hydrogen-bond donors (Lipinski definition) is 0. The van der Waals surface area contributed by atoms with E-state index in [9.17, 15) is 0 Å². The molecule has 0 heteroatoms. The topological polar surface area (TPSA) is 0 Å². The highest BCUT2D eigenvalue weighted by Gasteiger charge is 2.21. The third kappa shape index (κ3) is 8.24. The van der Waals surface area contributed by atoms with Gasteiger partial charge in [-0.05, 0) is 31.1 Å². The first-order valence-electron chi connectivity index (χ1n) is 7.40. The lowest BCUT2D eigenvalue weighted by Gasteiger charge is -2.20. The minimum absolute atomic E-state index is 0.703. The van der Waals surface area contributed by atoms with Gasteiger partial charge in [0.05, 0.1) is 0 Å². The van der Waals surface area contributed by atoms with Crippen LogP contribution in [0, 0.1) is 11.8 Å². The molecule has 0 spiro atoms. The minimum atomic E-state index is 0.703. The summed E-state index contributed by atoms with van der Waals surface area (Å²) in [7, 11) is 0. The second kappa shape index (κ2) is 12.0. The molecule has 1 saturated carbocycles. The lowest BCUT2D eigenvalue weighted by molar-refractivity contribution is 0.377. The van der Waals surface area contributed by atoms with E-state index in [-0.39, 0.29) is 0 Å². The Morgan fingerprint density at radius 2 is 1.59 bits per heavy atom. The van der Waals surface area contributed by atoms with Crippen molar-refractivity contribution in [1.82, 2.24) is 0 Å². The monoisotopic (exact) mass is 238 g/mol. The van der Waals surface area contributed by atoms with Gasteiger partial charge in [-0.15, -0.1) is 0 Å². The Bertz CT molecular complexity index is 200. The van der Waals surface area contributed by atoms with E-state index in [1.165, 1.54) is 36.8 Å². The molecule has 102 valence electrons. The standard InChI is InChI=1S/C12H20.C3H8.C2H6/c1-5-12-7-6-9(2)8-10(3)11(12)4;1-3-2;1-2/h11-12H,2-3,5-8H2,1,4H3;3H2,1-2H3;1-2H3/t11-,12-;;/m1../s1. The van der Waals surface area contributed by atoms with E-state index in [1.54, 1.807) is 0 Å². The highest BCUT2D eigenvalue weighted by Crippen LogP contribution is 2.35. The fourth-order valence-corrected chi connectivity index (χ4v) is 2.10. The van der Waals surface area contributed by atoms with Gasteiger partial charge in [-0.25, -0.2) is 0 Å². The number of hydrogen-bond acceptors (Lipinski definition) is 0. The third-order valence-electron chi connectivity index (χ3n) is 3.22. The van der Waals surface area contributed by atoms with Crippen LogP contribution in [0.1, 0.15) is 73.6 Å². The molecule has 0 amide bonds. The molecule has 0 N–H and O–H groups in total. The maximum absolute atomic E-state index is 4.14. The van der Waals surface area contributed by atoms with Gasteiger partial charge in [-0.3, -0.25) is 0 Å². The average molecular weight is 238 g/mol. The van der Waals surface area contributed by atoms with Gasteiger partial charge in [0.25, 0.3) is 0 Å². The van der Waals surface area contributed by atoms with Crippen molar-refractivity contribution in [2.75, 3.05) is 0 Å². The summed E-state index contributed by atoms with van der Waals surface area (Å²) in [5.74, 6) is 1.55. The molecule has 0 aromatic rings. The third-order valence-corrected chi connectivity index (χ3v) is 3.22. The van der Waals surface area contributed by atoms with Gasteiger partial charge in [0.15, 0.2) is 0 Å². The molecule has 2 atom stereocenters. The Balaban J connectivity index is 0. The normalized spacial score (nSPS) is 23.9. The summed E-state index contributed by atoms with van der Waals surface area (Å²) in [4.78, 5) is 0. The Morgan fingerprint density at radius 3 is 2.00 bits per heavy atom. The smallest absolute Gasteiger partial charge is 0.0111 e. The maximum Gasteiger partial charge on any atom is -0.0111 e. The molecule has 0 saturated heterocycles. The summed E-state index contributed by atoms with van der Waals surface area (Å²) in [5.41, 5.74) is 2.77. The molecule has 0 nitrogen and oxygen atoms in total. The highest BCUT2D eigenvalue weighted by atomic mass is 14.3. The molecular formula is C17H34. The summed E-state index contributed by atoms with van der Waals surface area (Å²) < 4.78 is 0. The van der Waals surface area contributed by atoms with Gasteiger partial charge in [-0.1, -0.05) is 78.7 Å². The van der Waals surface area contributed by atoms with Crippen molar-refractivity contribution < 1.29 is 0 Å². The predicted molar refractivity (Wildman–Crippen MR) is 82.4 cm³/mol. The summed E-state index contributed by atoms with van der Waals surface area (Å²) in [6.07, 6.45) is 6.13. The fraction of sp³-hybridized carbons (Fsp3) is 0.765. The Morgan fingerprint density at radius 1 is 1.12 bits per heavy atom. The van der Waals surface area contributed by atoms with Gasteiger partial charge in [0, 0.05) is 0 Å². The van der Waals surface area contributed by atoms with Gasteiger partial charge < -0.3 is 0 Å². The van der Waals surface area contributed by atoms with Crippen LogP contribution in [0.4, 0.5) is 0 Å². The zero-order valence-corrected chi connectivity index (χ0v) is 13.1. The van der Waals surface area contributed by atoms with Gasteiger partial charge >= 0.3 is 0 Å². The number of allylic oxidation sites excluding steroid dienone is 2. The molecule has 1 aliphatic rings. The quantitative estimate of drug-likeness (QED) is 0.367.